The van der Waals surface area contributed by atoms with Crippen molar-refractivity contribution < 1.29 is 19.4 Å². The molecule has 0 saturated carbocycles. The van der Waals surface area contributed by atoms with Gasteiger partial charge in [0.1, 0.15) is 5.78 Å². The van der Waals surface area contributed by atoms with Gasteiger partial charge in [0.05, 0.1) is 12.6 Å². The molecule has 1 saturated heterocycles. The van der Waals surface area contributed by atoms with Crippen molar-refractivity contribution in [3.63, 3.8) is 0 Å². The number of Topliss-reactive ketones (excluding diaryl/α,β-unsaturated/α-hetero) is 1. The number of rotatable bonds is 7. The first-order valence-electron chi connectivity index (χ1n) is 6.18. The zero-order valence-corrected chi connectivity index (χ0v) is 10.4. The Bertz CT molecular complexity index is 267. The van der Waals surface area contributed by atoms with Crippen molar-refractivity contribution in [2.45, 2.75) is 45.1 Å². The number of carbonyl (C=O) groups excluding carboxylic acids is 1. The van der Waals surface area contributed by atoms with E-state index in [1.807, 2.05) is 0 Å². The number of carbonyl (C=O) groups is 2. The minimum Gasteiger partial charge on any atom is -0.465 e. The molecule has 0 aromatic heterocycles. The van der Waals surface area contributed by atoms with Gasteiger partial charge in [0.2, 0.25) is 0 Å². The molecule has 1 amide bonds. The summed E-state index contributed by atoms with van der Waals surface area (Å²) in [5.74, 6) is 0.235. The van der Waals surface area contributed by atoms with Crippen LogP contribution in [0.25, 0.3) is 0 Å². The lowest BCUT2D eigenvalue weighted by atomic mass is 10.1. The SMILES string of the molecule is CC(=O)CCCCCOC1CCN(C(=O)O)C1. The van der Waals surface area contributed by atoms with Gasteiger partial charge in [-0.3, -0.25) is 0 Å². The lowest BCUT2D eigenvalue weighted by molar-refractivity contribution is -0.117. The predicted molar refractivity (Wildman–Crippen MR) is 63.1 cm³/mol. The van der Waals surface area contributed by atoms with E-state index in [2.05, 4.69) is 0 Å². The Morgan fingerprint density at radius 1 is 1.35 bits per heavy atom. The maximum atomic E-state index is 10.7. The molecule has 1 aliphatic heterocycles. The van der Waals surface area contributed by atoms with Crippen LogP contribution in [0.2, 0.25) is 0 Å². The van der Waals surface area contributed by atoms with Crippen molar-refractivity contribution >= 4 is 11.9 Å². The molecule has 1 fully saturated rings. The Morgan fingerprint density at radius 2 is 2.12 bits per heavy atom. The van der Waals surface area contributed by atoms with E-state index in [0.29, 0.717) is 26.1 Å². The molecule has 0 bridgehead atoms. The molecule has 5 heteroatoms. The fourth-order valence-electron chi connectivity index (χ4n) is 1.94. The Kier molecular flexibility index (Phi) is 5.97. The Morgan fingerprint density at radius 3 is 2.71 bits per heavy atom. The van der Waals surface area contributed by atoms with Gasteiger partial charge in [-0.25, -0.2) is 4.79 Å². The molecule has 5 nitrogen and oxygen atoms in total. The summed E-state index contributed by atoms with van der Waals surface area (Å²) in [6, 6.07) is 0. The lowest BCUT2D eigenvalue weighted by Crippen LogP contribution is -2.28. The zero-order chi connectivity index (χ0) is 12.7. The Hall–Kier alpha value is -1.10. The number of hydrogen-bond donors (Lipinski definition) is 1. The van der Waals surface area contributed by atoms with E-state index in [0.717, 1.165) is 25.7 Å². The van der Waals surface area contributed by atoms with Crippen molar-refractivity contribution in [2.24, 2.45) is 0 Å². The van der Waals surface area contributed by atoms with Gasteiger partial charge in [-0.05, 0) is 26.2 Å². The van der Waals surface area contributed by atoms with Crippen molar-refractivity contribution in [1.29, 1.82) is 0 Å². The van der Waals surface area contributed by atoms with E-state index in [-0.39, 0.29) is 11.9 Å². The van der Waals surface area contributed by atoms with Gasteiger partial charge in [-0.2, -0.15) is 0 Å². The Balaban J connectivity index is 1.97. The maximum Gasteiger partial charge on any atom is 0.407 e. The molecule has 1 heterocycles. The third kappa shape index (κ3) is 5.68. The molecule has 1 N–H and O–H groups in total. The van der Waals surface area contributed by atoms with Crippen LogP contribution in [0.15, 0.2) is 0 Å². The summed E-state index contributed by atoms with van der Waals surface area (Å²) >= 11 is 0. The monoisotopic (exact) mass is 243 g/mol. The van der Waals surface area contributed by atoms with Gasteiger partial charge in [0.15, 0.2) is 0 Å². The molecule has 0 spiro atoms. The summed E-state index contributed by atoms with van der Waals surface area (Å²) in [5.41, 5.74) is 0. The highest BCUT2D eigenvalue weighted by Crippen LogP contribution is 2.13. The summed E-state index contributed by atoms with van der Waals surface area (Å²) in [5, 5.41) is 8.76. The van der Waals surface area contributed by atoms with Crippen molar-refractivity contribution in [2.75, 3.05) is 19.7 Å². The van der Waals surface area contributed by atoms with Crippen LogP contribution in [0.3, 0.4) is 0 Å². The number of carboxylic acid groups (broad SMARTS) is 1. The first-order chi connectivity index (χ1) is 8.09. The number of likely N-dealkylation sites (tertiary alicyclic amines) is 1. The second-order valence-corrected chi connectivity index (χ2v) is 4.52. The highest BCUT2D eigenvalue weighted by atomic mass is 16.5. The van der Waals surface area contributed by atoms with Crippen molar-refractivity contribution in [1.82, 2.24) is 4.90 Å². The molecule has 98 valence electrons. The smallest absolute Gasteiger partial charge is 0.407 e. The van der Waals surface area contributed by atoms with E-state index in [1.165, 1.54) is 4.90 Å². The first-order valence-corrected chi connectivity index (χ1v) is 6.18. The van der Waals surface area contributed by atoms with Gasteiger partial charge >= 0.3 is 6.09 Å². The number of ether oxygens (including phenoxy) is 1. The van der Waals surface area contributed by atoms with E-state index < -0.39 is 6.09 Å². The number of unbranched alkanes of at least 4 members (excludes halogenated alkanes) is 2. The standard InChI is InChI=1S/C12H21NO4/c1-10(14)5-3-2-4-8-17-11-6-7-13(9-11)12(15)16/h11H,2-9H2,1H3,(H,15,16). The minimum absolute atomic E-state index is 0.0545. The molecule has 0 aromatic rings. The van der Waals surface area contributed by atoms with Gasteiger partial charge in [0.25, 0.3) is 0 Å². The van der Waals surface area contributed by atoms with Crippen LogP contribution in [-0.2, 0) is 9.53 Å². The molecule has 1 aliphatic rings. The highest BCUT2D eigenvalue weighted by molar-refractivity contribution is 5.75. The topological polar surface area (TPSA) is 66.8 Å². The molecule has 0 radical (unpaired) electrons. The van der Waals surface area contributed by atoms with Crippen LogP contribution in [0.1, 0.15) is 39.0 Å². The van der Waals surface area contributed by atoms with Gasteiger partial charge < -0.3 is 19.5 Å². The van der Waals surface area contributed by atoms with Crippen LogP contribution >= 0.6 is 0 Å². The third-order valence-corrected chi connectivity index (χ3v) is 2.94. The quantitative estimate of drug-likeness (QED) is 0.693. The van der Waals surface area contributed by atoms with Crippen molar-refractivity contribution in [3.8, 4) is 0 Å². The predicted octanol–water partition coefficient (Wildman–Crippen LogP) is 1.90. The first kappa shape index (κ1) is 14.0. The number of nitrogens with zero attached hydrogens (tertiary/aromatic N) is 1. The summed E-state index contributed by atoms with van der Waals surface area (Å²) < 4.78 is 5.60. The normalized spacial score (nSPS) is 19.6. The second-order valence-electron chi connectivity index (χ2n) is 4.52. The third-order valence-electron chi connectivity index (χ3n) is 2.94. The number of ketones is 1. The average Bonchev–Trinajstić information content (AvgIpc) is 2.71. The number of hydrogen-bond acceptors (Lipinski definition) is 3. The minimum atomic E-state index is -0.863. The largest absolute Gasteiger partial charge is 0.465 e. The Labute approximate surface area is 102 Å². The van der Waals surface area contributed by atoms with E-state index >= 15 is 0 Å². The van der Waals surface area contributed by atoms with Gasteiger partial charge in [0, 0.05) is 19.6 Å². The average molecular weight is 243 g/mol. The maximum absolute atomic E-state index is 10.7. The second kappa shape index (κ2) is 7.27. The molecular formula is C12H21NO4. The summed E-state index contributed by atoms with van der Waals surface area (Å²) in [6.45, 7) is 3.33. The fourth-order valence-corrected chi connectivity index (χ4v) is 1.94. The van der Waals surface area contributed by atoms with Crippen molar-refractivity contribution in [3.05, 3.63) is 0 Å². The summed E-state index contributed by atoms with van der Waals surface area (Å²) in [6.07, 6.45) is 3.49. The van der Waals surface area contributed by atoms with Crippen LogP contribution in [0, 0.1) is 0 Å². The van der Waals surface area contributed by atoms with Crippen LogP contribution in [0.5, 0.6) is 0 Å². The highest BCUT2D eigenvalue weighted by Gasteiger charge is 2.25. The van der Waals surface area contributed by atoms with E-state index in [1.54, 1.807) is 6.92 Å². The molecule has 17 heavy (non-hydrogen) atoms. The fraction of sp³-hybridized carbons (Fsp3) is 0.833. The molecule has 1 unspecified atom stereocenters. The van der Waals surface area contributed by atoms with E-state index in [9.17, 15) is 9.59 Å². The number of amides is 1. The molecule has 1 atom stereocenters. The lowest BCUT2D eigenvalue weighted by Gasteiger charge is -2.13. The zero-order valence-electron chi connectivity index (χ0n) is 10.4. The molecule has 1 rings (SSSR count). The molecular weight excluding hydrogens is 222 g/mol. The molecule has 0 aromatic carbocycles. The van der Waals surface area contributed by atoms with Crippen LogP contribution < -0.4 is 0 Å². The molecule has 0 aliphatic carbocycles. The van der Waals surface area contributed by atoms with Gasteiger partial charge in [-0.1, -0.05) is 6.42 Å². The van der Waals surface area contributed by atoms with Gasteiger partial charge in [-0.15, -0.1) is 0 Å². The summed E-state index contributed by atoms with van der Waals surface area (Å²) in [7, 11) is 0. The van der Waals surface area contributed by atoms with Crippen LogP contribution in [0.4, 0.5) is 4.79 Å². The van der Waals surface area contributed by atoms with Crippen LogP contribution in [-0.4, -0.2) is 47.7 Å². The van der Waals surface area contributed by atoms with E-state index in [4.69, 9.17) is 9.84 Å². The summed E-state index contributed by atoms with van der Waals surface area (Å²) in [4.78, 5) is 22.7.